The predicted octanol–water partition coefficient (Wildman–Crippen LogP) is 3.11. The van der Waals surface area contributed by atoms with Crippen molar-refractivity contribution in [2.24, 2.45) is 0 Å². The molecule has 1 heterocycles. The number of amides is 1. The summed E-state index contributed by atoms with van der Waals surface area (Å²) in [6.07, 6.45) is 3.31. The van der Waals surface area contributed by atoms with Gasteiger partial charge >= 0.3 is 0 Å². The van der Waals surface area contributed by atoms with Gasteiger partial charge in [-0.2, -0.15) is 0 Å². The lowest BCUT2D eigenvalue weighted by atomic mass is 9.93. The Morgan fingerprint density at radius 1 is 1.47 bits per heavy atom. The number of carbonyl (C=O) groups is 1. The average molecular weight is 331 g/mol. The predicted molar refractivity (Wildman–Crippen MR) is 80.4 cm³/mol. The molecule has 5 heteroatoms. The Labute approximate surface area is 123 Å². The van der Waals surface area contributed by atoms with Crippen molar-refractivity contribution in [3.63, 3.8) is 0 Å². The molecular weight excluding hydrogens is 308 g/mol. The van der Waals surface area contributed by atoms with E-state index in [-0.39, 0.29) is 18.6 Å². The summed E-state index contributed by atoms with van der Waals surface area (Å²) in [5.41, 5.74) is 0.0805. The molecule has 0 radical (unpaired) electrons. The summed E-state index contributed by atoms with van der Waals surface area (Å²) in [4.78, 5) is 12.4. The highest BCUT2D eigenvalue weighted by Gasteiger charge is 2.29. The van der Waals surface area contributed by atoms with Gasteiger partial charge in [-0.25, -0.2) is 0 Å². The second-order valence-electron chi connectivity index (χ2n) is 5.14. The van der Waals surface area contributed by atoms with Gasteiger partial charge < -0.3 is 15.0 Å². The van der Waals surface area contributed by atoms with Gasteiger partial charge in [-0.3, -0.25) is 4.79 Å². The van der Waals surface area contributed by atoms with E-state index in [1.807, 2.05) is 44.5 Å². The molecule has 0 aliphatic heterocycles. The molecule has 2 N–H and O–H groups in total. The maximum Gasteiger partial charge on any atom is 0.268 e. The molecule has 0 spiro atoms. The Kier molecular flexibility index (Phi) is 5.62. The number of halogens is 1. The third-order valence-electron chi connectivity index (χ3n) is 3.64. The van der Waals surface area contributed by atoms with Gasteiger partial charge in [0.1, 0.15) is 5.69 Å². The molecule has 108 valence electrons. The van der Waals surface area contributed by atoms with E-state index in [9.17, 15) is 9.90 Å². The zero-order valence-electron chi connectivity index (χ0n) is 12.0. The number of aliphatic hydroxyl groups is 1. The maximum atomic E-state index is 12.4. The van der Waals surface area contributed by atoms with Gasteiger partial charge in [-0.15, -0.1) is 0 Å². The zero-order valence-corrected chi connectivity index (χ0v) is 13.6. The Bertz CT molecular complexity index is 428. The molecule has 0 aliphatic carbocycles. The minimum atomic E-state index is -0.532. The molecule has 19 heavy (non-hydrogen) atoms. The average Bonchev–Trinajstić information content (AvgIpc) is 2.78. The summed E-state index contributed by atoms with van der Waals surface area (Å²) in [5.74, 6) is -0.142. The van der Waals surface area contributed by atoms with Gasteiger partial charge in [0.25, 0.3) is 5.91 Å². The highest BCUT2D eigenvalue weighted by molar-refractivity contribution is 9.10. The molecule has 0 fully saturated rings. The van der Waals surface area contributed by atoms with Crippen molar-refractivity contribution in [3.8, 4) is 0 Å². The van der Waals surface area contributed by atoms with Gasteiger partial charge in [0.15, 0.2) is 0 Å². The molecule has 0 bridgehead atoms. The van der Waals surface area contributed by atoms with Crippen LogP contribution in [0.4, 0.5) is 0 Å². The third-order valence-corrected chi connectivity index (χ3v) is 4.07. The van der Waals surface area contributed by atoms with Gasteiger partial charge in [0.05, 0.1) is 12.1 Å². The van der Waals surface area contributed by atoms with E-state index >= 15 is 0 Å². The molecular formula is C14H23BrN2O2. The van der Waals surface area contributed by atoms with E-state index in [2.05, 4.69) is 21.2 Å². The van der Waals surface area contributed by atoms with Crippen LogP contribution in [0.3, 0.4) is 0 Å². The normalized spacial score (nSPS) is 11.9. The molecule has 1 rings (SSSR count). The standard InChI is InChI=1S/C14H23BrN2O2/c1-5-14(6-2,9-18)16-13(19)12-7-11(15)8-17(12)10(3)4/h7-8,10,18H,5-6,9H2,1-4H3,(H,16,19). The van der Waals surface area contributed by atoms with Crippen molar-refractivity contribution >= 4 is 21.8 Å². The summed E-state index contributed by atoms with van der Waals surface area (Å²) in [5, 5.41) is 12.5. The molecule has 0 atom stereocenters. The number of carbonyl (C=O) groups excluding carboxylic acids is 1. The topological polar surface area (TPSA) is 54.3 Å². The molecule has 1 aromatic rings. The van der Waals surface area contributed by atoms with Crippen molar-refractivity contribution in [2.45, 2.75) is 52.1 Å². The Hall–Kier alpha value is -0.810. The van der Waals surface area contributed by atoms with Crippen molar-refractivity contribution in [1.82, 2.24) is 9.88 Å². The first-order valence-corrected chi connectivity index (χ1v) is 7.49. The second kappa shape index (κ2) is 6.57. The first-order chi connectivity index (χ1) is 8.89. The smallest absolute Gasteiger partial charge is 0.268 e. The molecule has 1 aromatic heterocycles. The number of hydrogen-bond donors (Lipinski definition) is 2. The van der Waals surface area contributed by atoms with Crippen LogP contribution in [0.2, 0.25) is 0 Å². The Balaban J connectivity index is 3.01. The van der Waals surface area contributed by atoms with Crippen LogP contribution < -0.4 is 5.32 Å². The van der Waals surface area contributed by atoms with E-state index in [0.717, 1.165) is 4.47 Å². The minimum Gasteiger partial charge on any atom is -0.394 e. The van der Waals surface area contributed by atoms with E-state index in [1.54, 1.807) is 0 Å². The summed E-state index contributed by atoms with van der Waals surface area (Å²) in [6.45, 7) is 7.95. The molecule has 0 unspecified atom stereocenters. The fourth-order valence-corrected chi connectivity index (χ4v) is 2.49. The van der Waals surface area contributed by atoms with Crippen LogP contribution in [0.5, 0.6) is 0 Å². The number of nitrogens with one attached hydrogen (secondary N) is 1. The number of aromatic nitrogens is 1. The first-order valence-electron chi connectivity index (χ1n) is 6.69. The summed E-state index contributed by atoms with van der Waals surface area (Å²) < 4.78 is 2.81. The maximum absolute atomic E-state index is 12.4. The quantitative estimate of drug-likeness (QED) is 0.841. The van der Waals surface area contributed by atoms with Crippen molar-refractivity contribution in [1.29, 1.82) is 0 Å². The first kappa shape index (κ1) is 16.2. The number of aliphatic hydroxyl groups excluding tert-OH is 1. The molecule has 0 aliphatic rings. The third kappa shape index (κ3) is 3.60. The summed E-state index contributed by atoms with van der Waals surface area (Å²) in [6, 6.07) is 2.02. The summed E-state index contributed by atoms with van der Waals surface area (Å²) in [7, 11) is 0. The second-order valence-corrected chi connectivity index (χ2v) is 6.06. The lowest BCUT2D eigenvalue weighted by molar-refractivity contribution is 0.0807. The highest BCUT2D eigenvalue weighted by atomic mass is 79.9. The minimum absolute atomic E-state index is 0.0463. The molecule has 1 amide bonds. The number of nitrogens with zero attached hydrogens (tertiary/aromatic N) is 1. The van der Waals surface area contributed by atoms with Crippen LogP contribution in [0, 0.1) is 0 Å². The number of rotatable bonds is 6. The van der Waals surface area contributed by atoms with Gasteiger partial charge in [0, 0.05) is 16.7 Å². The van der Waals surface area contributed by atoms with E-state index in [0.29, 0.717) is 18.5 Å². The molecule has 4 nitrogen and oxygen atoms in total. The van der Waals surface area contributed by atoms with Crippen LogP contribution in [0.1, 0.15) is 57.1 Å². The van der Waals surface area contributed by atoms with Crippen LogP contribution in [-0.4, -0.2) is 27.7 Å². The van der Waals surface area contributed by atoms with Gasteiger partial charge in [-0.05, 0) is 48.7 Å². The van der Waals surface area contributed by atoms with Gasteiger partial charge in [-0.1, -0.05) is 13.8 Å². The highest BCUT2D eigenvalue weighted by Crippen LogP contribution is 2.21. The lowest BCUT2D eigenvalue weighted by Crippen LogP contribution is -2.50. The van der Waals surface area contributed by atoms with E-state index < -0.39 is 5.54 Å². The largest absolute Gasteiger partial charge is 0.394 e. The summed E-state index contributed by atoms with van der Waals surface area (Å²) >= 11 is 3.40. The van der Waals surface area contributed by atoms with Crippen molar-refractivity contribution in [3.05, 3.63) is 22.4 Å². The van der Waals surface area contributed by atoms with Crippen LogP contribution in [0.25, 0.3) is 0 Å². The van der Waals surface area contributed by atoms with Crippen molar-refractivity contribution in [2.75, 3.05) is 6.61 Å². The van der Waals surface area contributed by atoms with Crippen LogP contribution in [-0.2, 0) is 0 Å². The molecule has 0 aromatic carbocycles. The van der Waals surface area contributed by atoms with E-state index in [1.165, 1.54) is 0 Å². The van der Waals surface area contributed by atoms with Crippen LogP contribution >= 0.6 is 15.9 Å². The Morgan fingerprint density at radius 2 is 2.05 bits per heavy atom. The van der Waals surface area contributed by atoms with Gasteiger partial charge in [0.2, 0.25) is 0 Å². The fraction of sp³-hybridized carbons (Fsp3) is 0.643. The number of hydrogen-bond acceptors (Lipinski definition) is 2. The van der Waals surface area contributed by atoms with Crippen LogP contribution in [0.15, 0.2) is 16.7 Å². The SMILES string of the molecule is CCC(CC)(CO)NC(=O)c1cc(Br)cn1C(C)C. The fourth-order valence-electron chi connectivity index (χ4n) is 2.05. The molecule has 0 saturated carbocycles. The lowest BCUT2D eigenvalue weighted by Gasteiger charge is -2.31. The molecule has 0 saturated heterocycles. The zero-order chi connectivity index (χ0) is 14.6. The Morgan fingerprint density at radius 3 is 2.47 bits per heavy atom. The van der Waals surface area contributed by atoms with Crippen molar-refractivity contribution < 1.29 is 9.90 Å². The monoisotopic (exact) mass is 330 g/mol. The van der Waals surface area contributed by atoms with E-state index in [4.69, 9.17) is 0 Å².